The molecule has 2 atom stereocenters. The summed E-state index contributed by atoms with van der Waals surface area (Å²) in [7, 11) is 1.60. The van der Waals surface area contributed by atoms with Gasteiger partial charge in [0.1, 0.15) is 5.75 Å². The lowest BCUT2D eigenvalue weighted by molar-refractivity contribution is -0.0456. The van der Waals surface area contributed by atoms with Crippen molar-refractivity contribution in [3.05, 3.63) is 75.8 Å². The Morgan fingerprint density at radius 2 is 1.72 bits per heavy atom. The lowest BCUT2D eigenvalue weighted by Gasteiger charge is -2.42. The van der Waals surface area contributed by atoms with Crippen LogP contribution in [0, 0.1) is 0 Å². The lowest BCUT2D eigenvalue weighted by atomic mass is 9.84. The highest BCUT2D eigenvalue weighted by Gasteiger charge is 2.35. The minimum Gasteiger partial charge on any atom is -0.495 e. The molecule has 6 heteroatoms. The molecule has 0 unspecified atom stereocenters. The largest absolute Gasteiger partial charge is 0.495 e. The van der Waals surface area contributed by atoms with E-state index in [2.05, 4.69) is 4.90 Å². The maximum atomic E-state index is 11.1. The van der Waals surface area contributed by atoms with Gasteiger partial charge >= 0.3 is 0 Å². The van der Waals surface area contributed by atoms with Gasteiger partial charge in [-0.15, -0.1) is 0 Å². The van der Waals surface area contributed by atoms with Crippen LogP contribution in [-0.4, -0.2) is 47.0 Å². The second-order valence-electron chi connectivity index (χ2n) is 8.81. The van der Waals surface area contributed by atoms with Gasteiger partial charge in [-0.3, -0.25) is 4.90 Å². The molecule has 0 bridgehead atoms. The van der Waals surface area contributed by atoms with Crippen molar-refractivity contribution in [2.24, 2.45) is 0 Å². The third kappa shape index (κ3) is 4.90. The van der Waals surface area contributed by atoms with Gasteiger partial charge in [-0.25, -0.2) is 0 Å². The van der Waals surface area contributed by atoms with Crippen molar-refractivity contribution >= 4 is 34.0 Å². The normalized spacial score (nSPS) is 18.4. The highest BCUT2D eigenvalue weighted by molar-refractivity contribution is 6.37. The van der Waals surface area contributed by atoms with Gasteiger partial charge in [0.15, 0.2) is 0 Å². The van der Waals surface area contributed by atoms with Gasteiger partial charge < -0.3 is 14.9 Å². The Morgan fingerprint density at radius 1 is 1.03 bits per heavy atom. The molecular weight excluding hydrogens is 445 g/mol. The van der Waals surface area contributed by atoms with Crippen LogP contribution in [0.3, 0.4) is 0 Å². The number of piperidine rings is 1. The van der Waals surface area contributed by atoms with E-state index in [0.717, 1.165) is 35.0 Å². The molecule has 170 valence electrons. The van der Waals surface area contributed by atoms with Crippen molar-refractivity contribution in [3.63, 3.8) is 0 Å². The van der Waals surface area contributed by atoms with E-state index in [9.17, 15) is 10.2 Å². The summed E-state index contributed by atoms with van der Waals surface area (Å²) in [5.41, 5.74) is 1.21. The molecule has 4 nitrogen and oxygen atoms in total. The molecule has 3 aromatic carbocycles. The Balaban J connectivity index is 1.42. The number of fused-ring (bicyclic) bond motifs is 1. The van der Waals surface area contributed by atoms with E-state index in [4.69, 9.17) is 27.9 Å². The maximum absolute atomic E-state index is 11.1. The number of likely N-dealkylation sites (tertiary alicyclic amines) is 1. The average molecular weight is 474 g/mol. The average Bonchev–Trinajstić information content (AvgIpc) is 2.80. The summed E-state index contributed by atoms with van der Waals surface area (Å²) >= 11 is 12.4. The first-order chi connectivity index (χ1) is 15.3. The van der Waals surface area contributed by atoms with Crippen LogP contribution in [0.15, 0.2) is 54.6 Å². The van der Waals surface area contributed by atoms with Crippen LogP contribution < -0.4 is 4.74 Å². The first-order valence-electron chi connectivity index (χ1n) is 10.9. The number of halogens is 2. The molecule has 3 aromatic rings. The Hall–Kier alpha value is -1.82. The minimum absolute atomic E-state index is 0.0683. The summed E-state index contributed by atoms with van der Waals surface area (Å²) in [4.78, 5) is 2.26. The van der Waals surface area contributed by atoms with Gasteiger partial charge in [0.25, 0.3) is 0 Å². The number of aliphatic hydroxyl groups excluding tert-OH is 1. The van der Waals surface area contributed by atoms with E-state index in [0.29, 0.717) is 35.1 Å². The quantitative estimate of drug-likeness (QED) is 0.485. The van der Waals surface area contributed by atoms with Crippen molar-refractivity contribution < 1.29 is 14.9 Å². The fourth-order valence-corrected chi connectivity index (χ4v) is 5.05. The van der Waals surface area contributed by atoms with Crippen LogP contribution in [0.1, 0.15) is 37.0 Å². The number of benzene rings is 3. The first-order valence-corrected chi connectivity index (χ1v) is 11.7. The molecule has 0 saturated carbocycles. The lowest BCUT2D eigenvalue weighted by Crippen LogP contribution is -2.49. The summed E-state index contributed by atoms with van der Waals surface area (Å²) in [6.07, 6.45) is 1.31. The summed E-state index contributed by atoms with van der Waals surface area (Å²) in [5.74, 6) is 0.639. The molecule has 1 heterocycles. The summed E-state index contributed by atoms with van der Waals surface area (Å²) in [6.45, 7) is 3.51. The van der Waals surface area contributed by atoms with Crippen LogP contribution in [0.25, 0.3) is 10.8 Å². The monoisotopic (exact) mass is 473 g/mol. The first kappa shape index (κ1) is 23.3. The third-order valence-corrected chi connectivity index (χ3v) is 7.35. The summed E-state index contributed by atoms with van der Waals surface area (Å²) < 4.78 is 5.29. The molecule has 0 radical (unpaired) electrons. The highest BCUT2D eigenvalue weighted by atomic mass is 35.5. The summed E-state index contributed by atoms with van der Waals surface area (Å²) in [6, 6.07) is 17.3. The van der Waals surface area contributed by atoms with E-state index in [1.807, 2.05) is 61.5 Å². The Kier molecular flexibility index (Phi) is 6.99. The Labute approximate surface area is 199 Å². The zero-order chi connectivity index (χ0) is 22.9. The van der Waals surface area contributed by atoms with Crippen LogP contribution in [0.5, 0.6) is 5.75 Å². The fraction of sp³-hybridized carbons (Fsp3) is 0.385. The molecule has 1 aliphatic rings. The van der Waals surface area contributed by atoms with Gasteiger partial charge in [0.2, 0.25) is 0 Å². The van der Waals surface area contributed by atoms with Gasteiger partial charge in [-0.05, 0) is 60.5 Å². The van der Waals surface area contributed by atoms with E-state index in [1.165, 1.54) is 0 Å². The number of hydrogen-bond acceptors (Lipinski definition) is 4. The standard InChI is InChI=1S/C26H29Cl2NO3/c1-17(25(30)20-5-9-22-19(15-20)6-10-23(32-2)24(22)28)29-13-11-26(31,12-14-29)16-18-3-7-21(27)8-4-18/h3-10,15,17,25,30-31H,11-14,16H2,1-2H3/t17-,25+/m1/s1. The van der Waals surface area contributed by atoms with Gasteiger partial charge in [0.05, 0.1) is 23.8 Å². The molecule has 32 heavy (non-hydrogen) atoms. The third-order valence-electron chi connectivity index (χ3n) is 6.71. The van der Waals surface area contributed by atoms with Crippen LogP contribution >= 0.6 is 23.2 Å². The predicted octanol–water partition coefficient (Wildman–Crippen LogP) is 5.65. The molecule has 4 rings (SSSR count). The maximum Gasteiger partial charge on any atom is 0.138 e. The molecular formula is C26H29Cl2NO3. The van der Waals surface area contributed by atoms with Gasteiger partial charge in [0, 0.05) is 36.0 Å². The Morgan fingerprint density at radius 3 is 2.38 bits per heavy atom. The van der Waals surface area contributed by atoms with Crippen molar-refractivity contribution in [1.29, 1.82) is 0 Å². The van der Waals surface area contributed by atoms with Crippen molar-refractivity contribution in [3.8, 4) is 5.75 Å². The molecule has 0 aromatic heterocycles. The second-order valence-corrected chi connectivity index (χ2v) is 9.63. The zero-order valence-electron chi connectivity index (χ0n) is 18.4. The number of ether oxygens (including phenoxy) is 1. The molecule has 2 N–H and O–H groups in total. The molecule has 1 fully saturated rings. The molecule has 0 spiro atoms. The van der Waals surface area contributed by atoms with E-state index >= 15 is 0 Å². The number of nitrogens with zero attached hydrogens (tertiary/aromatic N) is 1. The summed E-state index contributed by atoms with van der Waals surface area (Å²) in [5, 5.41) is 25.3. The van der Waals surface area contributed by atoms with E-state index in [-0.39, 0.29) is 6.04 Å². The van der Waals surface area contributed by atoms with Crippen LogP contribution in [-0.2, 0) is 6.42 Å². The smallest absolute Gasteiger partial charge is 0.138 e. The van der Waals surface area contributed by atoms with Gasteiger partial charge in [-0.2, -0.15) is 0 Å². The van der Waals surface area contributed by atoms with Crippen molar-refractivity contribution in [1.82, 2.24) is 4.90 Å². The molecule has 0 aliphatic carbocycles. The van der Waals surface area contributed by atoms with E-state index in [1.54, 1.807) is 7.11 Å². The predicted molar refractivity (Wildman–Crippen MR) is 131 cm³/mol. The number of methoxy groups -OCH3 is 1. The topological polar surface area (TPSA) is 52.9 Å². The highest BCUT2D eigenvalue weighted by Crippen LogP contribution is 2.35. The molecule has 1 saturated heterocycles. The molecule has 0 amide bonds. The minimum atomic E-state index is -0.728. The molecule has 1 aliphatic heterocycles. The van der Waals surface area contributed by atoms with Crippen LogP contribution in [0.2, 0.25) is 10.0 Å². The SMILES string of the molecule is COc1ccc2cc([C@@H](O)[C@@H](C)N3CCC(O)(Cc4ccc(Cl)cc4)CC3)ccc2c1Cl. The second kappa shape index (κ2) is 9.58. The Bertz CT molecular complexity index is 1080. The van der Waals surface area contributed by atoms with Gasteiger partial charge in [-0.1, -0.05) is 53.5 Å². The van der Waals surface area contributed by atoms with Crippen molar-refractivity contribution in [2.75, 3.05) is 20.2 Å². The zero-order valence-corrected chi connectivity index (χ0v) is 19.9. The van der Waals surface area contributed by atoms with Crippen LogP contribution in [0.4, 0.5) is 0 Å². The van der Waals surface area contributed by atoms with E-state index < -0.39 is 11.7 Å². The number of hydrogen-bond donors (Lipinski definition) is 2. The fourth-order valence-electron chi connectivity index (χ4n) is 4.62. The number of aliphatic hydroxyl groups is 2. The van der Waals surface area contributed by atoms with Crippen molar-refractivity contribution in [2.45, 2.75) is 43.9 Å². The number of rotatable bonds is 6.